The standard InChI is InChI=1S/C13H20N2O/c1-15(2)7-8-16-11-4-5-12-10(9-11)3-6-13(12)14/h4-5,9,13H,3,6-8,14H2,1-2H3/t13-/m1/s1. The molecule has 1 aromatic carbocycles. The first-order valence-electron chi connectivity index (χ1n) is 5.83. The molecule has 0 aliphatic heterocycles. The lowest BCUT2D eigenvalue weighted by Gasteiger charge is -2.12. The molecule has 0 bridgehead atoms. The molecular weight excluding hydrogens is 200 g/mol. The monoisotopic (exact) mass is 220 g/mol. The van der Waals surface area contributed by atoms with E-state index in [1.165, 1.54) is 11.1 Å². The number of aryl methyl sites for hydroxylation is 1. The highest BCUT2D eigenvalue weighted by molar-refractivity contribution is 5.40. The Bertz CT molecular complexity index is 363. The van der Waals surface area contributed by atoms with E-state index in [1.54, 1.807) is 0 Å². The second kappa shape index (κ2) is 4.85. The van der Waals surface area contributed by atoms with Gasteiger partial charge in [0.05, 0.1) is 0 Å². The molecule has 3 heteroatoms. The zero-order chi connectivity index (χ0) is 11.5. The molecule has 0 unspecified atom stereocenters. The highest BCUT2D eigenvalue weighted by atomic mass is 16.5. The Balaban J connectivity index is 1.97. The lowest BCUT2D eigenvalue weighted by Crippen LogP contribution is -2.19. The zero-order valence-electron chi connectivity index (χ0n) is 10.1. The lowest BCUT2D eigenvalue weighted by molar-refractivity contribution is 0.261. The van der Waals surface area contributed by atoms with Crippen molar-refractivity contribution in [1.29, 1.82) is 0 Å². The third-order valence-electron chi connectivity index (χ3n) is 3.05. The quantitative estimate of drug-likeness (QED) is 0.837. The van der Waals surface area contributed by atoms with Gasteiger partial charge in [0.2, 0.25) is 0 Å². The molecule has 1 aliphatic carbocycles. The van der Waals surface area contributed by atoms with Gasteiger partial charge in [0.25, 0.3) is 0 Å². The fourth-order valence-corrected chi connectivity index (χ4v) is 2.06. The second-order valence-electron chi connectivity index (χ2n) is 4.66. The summed E-state index contributed by atoms with van der Waals surface area (Å²) in [6, 6.07) is 6.50. The van der Waals surface area contributed by atoms with E-state index in [4.69, 9.17) is 10.5 Å². The maximum Gasteiger partial charge on any atom is 0.119 e. The largest absolute Gasteiger partial charge is 0.492 e. The van der Waals surface area contributed by atoms with Gasteiger partial charge >= 0.3 is 0 Å². The Morgan fingerprint density at radius 2 is 2.25 bits per heavy atom. The number of hydrogen-bond acceptors (Lipinski definition) is 3. The van der Waals surface area contributed by atoms with Crippen LogP contribution in [0.15, 0.2) is 18.2 Å². The van der Waals surface area contributed by atoms with Gasteiger partial charge in [0, 0.05) is 12.6 Å². The maximum absolute atomic E-state index is 5.99. The molecular formula is C13H20N2O. The Morgan fingerprint density at radius 1 is 1.44 bits per heavy atom. The van der Waals surface area contributed by atoms with E-state index in [9.17, 15) is 0 Å². The molecule has 0 aromatic heterocycles. The third kappa shape index (κ3) is 2.54. The Morgan fingerprint density at radius 3 is 3.00 bits per heavy atom. The first-order chi connectivity index (χ1) is 7.66. The summed E-state index contributed by atoms with van der Waals surface area (Å²) in [7, 11) is 4.09. The van der Waals surface area contributed by atoms with Gasteiger partial charge in [-0.05, 0) is 50.2 Å². The molecule has 2 rings (SSSR count). The summed E-state index contributed by atoms with van der Waals surface area (Å²) in [5.41, 5.74) is 8.64. The van der Waals surface area contributed by atoms with Crippen LogP contribution in [-0.4, -0.2) is 32.1 Å². The molecule has 16 heavy (non-hydrogen) atoms. The summed E-state index contributed by atoms with van der Waals surface area (Å²) >= 11 is 0. The van der Waals surface area contributed by atoms with E-state index in [0.717, 1.165) is 31.7 Å². The average molecular weight is 220 g/mol. The predicted octanol–water partition coefficient (Wildman–Crippen LogP) is 1.57. The van der Waals surface area contributed by atoms with Crippen LogP contribution in [0.3, 0.4) is 0 Å². The normalized spacial score (nSPS) is 18.9. The molecule has 0 amide bonds. The molecule has 0 heterocycles. The molecule has 88 valence electrons. The van der Waals surface area contributed by atoms with Crippen LogP contribution in [0.4, 0.5) is 0 Å². The molecule has 2 N–H and O–H groups in total. The highest BCUT2D eigenvalue weighted by Crippen LogP contribution is 2.31. The second-order valence-corrected chi connectivity index (χ2v) is 4.66. The van der Waals surface area contributed by atoms with Gasteiger partial charge < -0.3 is 15.4 Å². The Kier molecular flexibility index (Phi) is 3.46. The fourth-order valence-electron chi connectivity index (χ4n) is 2.06. The van der Waals surface area contributed by atoms with Crippen molar-refractivity contribution >= 4 is 0 Å². The summed E-state index contributed by atoms with van der Waals surface area (Å²) in [6.45, 7) is 1.68. The van der Waals surface area contributed by atoms with Crippen LogP contribution in [0.2, 0.25) is 0 Å². The summed E-state index contributed by atoms with van der Waals surface area (Å²) in [4.78, 5) is 2.11. The van der Waals surface area contributed by atoms with E-state index < -0.39 is 0 Å². The van der Waals surface area contributed by atoms with Crippen LogP contribution in [0.5, 0.6) is 5.75 Å². The van der Waals surface area contributed by atoms with Gasteiger partial charge in [-0.2, -0.15) is 0 Å². The van der Waals surface area contributed by atoms with Crippen molar-refractivity contribution in [1.82, 2.24) is 4.90 Å². The topological polar surface area (TPSA) is 38.5 Å². The molecule has 1 aliphatic rings. The van der Waals surface area contributed by atoms with Gasteiger partial charge in [-0.1, -0.05) is 6.07 Å². The van der Waals surface area contributed by atoms with Gasteiger partial charge in [0.15, 0.2) is 0 Å². The number of fused-ring (bicyclic) bond motifs is 1. The van der Waals surface area contributed by atoms with Gasteiger partial charge in [-0.25, -0.2) is 0 Å². The minimum atomic E-state index is 0.228. The van der Waals surface area contributed by atoms with Crippen LogP contribution < -0.4 is 10.5 Å². The number of benzene rings is 1. The first kappa shape index (κ1) is 11.4. The average Bonchev–Trinajstić information content (AvgIpc) is 2.60. The van der Waals surface area contributed by atoms with Crippen molar-refractivity contribution in [2.24, 2.45) is 5.73 Å². The van der Waals surface area contributed by atoms with Crippen molar-refractivity contribution in [3.8, 4) is 5.75 Å². The van der Waals surface area contributed by atoms with E-state index in [2.05, 4.69) is 17.0 Å². The number of ether oxygens (including phenoxy) is 1. The van der Waals surface area contributed by atoms with Gasteiger partial charge in [-0.15, -0.1) is 0 Å². The Hall–Kier alpha value is -1.06. The van der Waals surface area contributed by atoms with E-state index in [1.807, 2.05) is 20.2 Å². The Labute approximate surface area is 97.2 Å². The highest BCUT2D eigenvalue weighted by Gasteiger charge is 2.18. The first-order valence-corrected chi connectivity index (χ1v) is 5.83. The van der Waals surface area contributed by atoms with Crippen LogP contribution in [0.25, 0.3) is 0 Å². The minimum Gasteiger partial charge on any atom is -0.492 e. The van der Waals surface area contributed by atoms with Crippen molar-refractivity contribution in [2.75, 3.05) is 27.2 Å². The van der Waals surface area contributed by atoms with Crippen LogP contribution in [0, 0.1) is 0 Å². The minimum absolute atomic E-state index is 0.228. The summed E-state index contributed by atoms with van der Waals surface area (Å²) in [5, 5.41) is 0. The predicted molar refractivity (Wildman–Crippen MR) is 65.7 cm³/mol. The molecule has 0 radical (unpaired) electrons. The molecule has 0 saturated carbocycles. The molecule has 1 atom stereocenters. The van der Waals surface area contributed by atoms with Crippen molar-refractivity contribution in [2.45, 2.75) is 18.9 Å². The van der Waals surface area contributed by atoms with Crippen molar-refractivity contribution in [3.05, 3.63) is 29.3 Å². The number of rotatable bonds is 4. The third-order valence-corrected chi connectivity index (χ3v) is 3.05. The smallest absolute Gasteiger partial charge is 0.119 e. The van der Waals surface area contributed by atoms with Crippen LogP contribution in [-0.2, 0) is 6.42 Å². The number of likely N-dealkylation sites (N-methyl/N-ethyl adjacent to an activating group) is 1. The summed E-state index contributed by atoms with van der Waals surface area (Å²) < 4.78 is 5.69. The van der Waals surface area contributed by atoms with Gasteiger partial charge in [-0.3, -0.25) is 0 Å². The molecule has 3 nitrogen and oxygen atoms in total. The maximum atomic E-state index is 5.99. The zero-order valence-corrected chi connectivity index (χ0v) is 10.1. The van der Waals surface area contributed by atoms with E-state index in [-0.39, 0.29) is 6.04 Å². The van der Waals surface area contributed by atoms with Crippen molar-refractivity contribution < 1.29 is 4.74 Å². The fraction of sp³-hybridized carbons (Fsp3) is 0.538. The van der Waals surface area contributed by atoms with Crippen LogP contribution >= 0.6 is 0 Å². The molecule has 1 aromatic rings. The summed E-state index contributed by atoms with van der Waals surface area (Å²) in [5.74, 6) is 0.967. The number of nitrogens with two attached hydrogens (primary N) is 1. The number of nitrogens with zero attached hydrogens (tertiary/aromatic N) is 1. The van der Waals surface area contributed by atoms with Crippen molar-refractivity contribution in [3.63, 3.8) is 0 Å². The number of hydrogen-bond donors (Lipinski definition) is 1. The molecule has 0 fully saturated rings. The van der Waals surface area contributed by atoms with Gasteiger partial charge in [0.1, 0.15) is 12.4 Å². The van der Waals surface area contributed by atoms with E-state index in [0.29, 0.717) is 0 Å². The summed E-state index contributed by atoms with van der Waals surface area (Å²) in [6.07, 6.45) is 2.15. The SMILES string of the molecule is CN(C)CCOc1ccc2c(c1)CC[C@H]2N. The molecule has 0 spiro atoms. The van der Waals surface area contributed by atoms with Crippen LogP contribution in [0.1, 0.15) is 23.6 Å². The van der Waals surface area contributed by atoms with E-state index >= 15 is 0 Å². The molecule has 0 saturated heterocycles. The lowest BCUT2D eigenvalue weighted by atomic mass is 10.1.